The second kappa shape index (κ2) is 5.87. The number of nitrogens with zero attached hydrogens (tertiary/aromatic N) is 2. The molecular formula is C20H30N2O. The molecule has 1 aromatic carbocycles. The maximum absolute atomic E-state index is 6.55. The van der Waals surface area contributed by atoms with Crippen molar-refractivity contribution in [1.82, 2.24) is 9.80 Å². The van der Waals surface area contributed by atoms with Crippen LogP contribution in [0.15, 0.2) is 24.3 Å². The lowest BCUT2D eigenvalue weighted by atomic mass is 9.73. The first-order valence-corrected chi connectivity index (χ1v) is 9.23. The summed E-state index contributed by atoms with van der Waals surface area (Å²) in [6.45, 7) is 6.87. The Labute approximate surface area is 140 Å². The first kappa shape index (κ1) is 15.6. The first-order valence-electron chi connectivity index (χ1n) is 9.23. The van der Waals surface area contributed by atoms with Gasteiger partial charge in [-0.1, -0.05) is 31.2 Å². The lowest BCUT2D eigenvalue weighted by Crippen LogP contribution is -2.40. The third-order valence-electron chi connectivity index (χ3n) is 6.32. The number of aryl methyl sites for hydroxylation is 1. The molecule has 0 unspecified atom stereocenters. The number of benzene rings is 1. The topological polar surface area (TPSA) is 15.7 Å². The van der Waals surface area contributed by atoms with Gasteiger partial charge < -0.3 is 9.64 Å². The molecule has 1 spiro atoms. The van der Waals surface area contributed by atoms with E-state index >= 15 is 0 Å². The molecule has 4 rings (SSSR count). The zero-order valence-electron chi connectivity index (χ0n) is 14.8. The van der Waals surface area contributed by atoms with Crippen LogP contribution in [0.1, 0.15) is 30.9 Å². The Balaban J connectivity index is 1.50. The van der Waals surface area contributed by atoms with Crippen molar-refractivity contribution in [2.24, 2.45) is 11.8 Å². The summed E-state index contributed by atoms with van der Waals surface area (Å²) in [6, 6.07) is 8.93. The van der Waals surface area contributed by atoms with Gasteiger partial charge in [-0.3, -0.25) is 4.90 Å². The summed E-state index contributed by atoms with van der Waals surface area (Å²) >= 11 is 0. The molecule has 3 nitrogen and oxygen atoms in total. The van der Waals surface area contributed by atoms with Crippen molar-refractivity contribution < 1.29 is 4.74 Å². The zero-order chi connectivity index (χ0) is 16.0. The summed E-state index contributed by atoms with van der Waals surface area (Å²) in [6.07, 6.45) is 4.19. The molecule has 4 atom stereocenters. The fraction of sp³-hybridized carbons (Fsp3) is 0.700. The van der Waals surface area contributed by atoms with Gasteiger partial charge in [0.15, 0.2) is 0 Å². The number of hydrogen-bond acceptors (Lipinski definition) is 3. The largest absolute Gasteiger partial charge is 0.370 e. The fourth-order valence-corrected chi connectivity index (χ4v) is 5.37. The molecule has 3 aliphatic rings. The van der Waals surface area contributed by atoms with E-state index in [1.807, 2.05) is 0 Å². The second-order valence-corrected chi connectivity index (χ2v) is 8.08. The van der Waals surface area contributed by atoms with Gasteiger partial charge >= 0.3 is 0 Å². The van der Waals surface area contributed by atoms with Crippen LogP contribution in [0.5, 0.6) is 0 Å². The molecule has 3 heteroatoms. The molecular weight excluding hydrogens is 284 g/mol. The summed E-state index contributed by atoms with van der Waals surface area (Å²) in [5, 5.41) is 0. The second-order valence-electron chi connectivity index (χ2n) is 8.08. The number of likely N-dealkylation sites (tertiary alicyclic amines) is 1. The van der Waals surface area contributed by atoms with Crippen molar-refractivity contribution in [1.29, 1.82) is 0 Å². The molecule has 3 aliphatic heterocycles. The van der Waals surface area contributed by atoms with E-state index in [1.165, 1.54) is 37.1 Å². The average Bonchev–Trinajstić information content (AvgIpc) is 3.17. The van der Waals surface area contributed by atoms with Crippen LogP contribution in [0.2, 0.25) is 0 Å². The van der Waals surface area contributed by atoms with E-state index in [9.17, 15) is 0 Å². The van der Waals surface area contributed by atoms with E-state index < -0.39 is 0 Å². The molecule has 0 saturated carbocycles. The van der Waals surface area contributed by atoms with E-state index in [-0.39, 0.29) is 5.60 Å². The highest BCUT2D eigenvalue weighted by Gasteiger charge is 2.62. The van der Waals surface area contributed by atoms with Crippen LogP contribution in [-0.2, 0) is 17.7 Å². The van der Waals surface area contributed by atoms with Crippen molar-refractivity contribution in [2.45, 2.75) is 44.4 Å². The summed E-state index contributed by atoms with van der Waals surface area (Å²) in [4.78, 5) is 5.00. The van der Waals surface area contributed by atoms with E-state index in [0.29, 0.717) is 6.10 Å². The SMILES string of the molecule is CCc1ccccc1CN1C[C@@H]2[C@H](CN(C)C)[C@H]3CC[C@]2(C1)O3. The molecule has 3 fully saturated rings. The van der Waals surface area contributed by atoms with E-state index in [0.717, 1.165) is 31.3 Å². The maximum Gasteiger partial charge on any atom is 0.0858 e. The van der Waals surface area contributed by atoms with E-state index in [1.54, 1.807) is 0 Å². The van der Waals surface area contributed by atoms with E-state index in [2.05, 4.69) is 55.1 Å². The van der Waals surface area contributed by atoms with Gasteiger partial charge in [0.1, 0.15) is 0 Å². The summed E-state index contributed by atoms with van der Waals surface area (Å²) in [5.41, 5.74) is 3.18. The average molecular weight is 314 g/mol. The van der Waals surface area contributed by atoms with Gasteiger partial charge in [-0.25, -0.2) is 0 Å². The third kappa shape index (κ3) is 2.63. The first-order chi connectivity index (χ1) is 11.1. The predicted molar refractivity (Wildman–Crippen MR) is 93.5 cm³/mol. The van der Waals surface area contributed by atoms with Crippen molar-refractivity contribution in [3.8, 4) is 0 Å². The highest BCUT2D eigenvalue weighted by atomic mass is 16.5. The van der Waals surface area contributed by atoms with Crippen molar-refractivity contribution in [3.63, 3.8) is 0 Å². The summed E-state index contributed by atoms with van der Waals surface area (Å²) in [7, 11) is 4.39. The molecule has 0 aliphatic carbocycles. The fourth-order valence-electron chi connectivity index (χ4n) is 5.37. The Morgan fingerprint density at radius 1 is 1.26 bits per heavy atom. The van der Waals surface area contributed by atoms with Crippen LogP contribution in [0.3, 0.4) is 0 Å². The van der Waals surface area contributed by atoms with Crippen LogP contribution in [0.25, 0.3) is 0 Å². The zero-order valence-corrected chi connectivity index (χ0v) is 14.8. The van der Waals surface area contributed by atoms with Crippen LogP contribution < -0.4 is 0 Å². The number of ether oxygens (including phenoxy) is 1. The minimum absolute atomic E-state index is 0.173. The maximum atomic E-state index is 6.55. The van der Waals surface area contributed by atoms with Crippen molar-refractivity contribution in [3.05, 3.63) is 35.4 Å². The van der Waals surface area contributed by atoms with E-state index in [4.69, 9.17) is 4.74 Å². The monoisotopic (exact) mass is 314 g/mol. The van der Waals surface area contributed by atoms with Gasteiger partial charge in [-0.05, 0) is 44.5 Å². The minimum Gasteiger partial charge on any atom is -0.370 e. The van der Waals surface area contributed by atoms with Crippen LogP contribution in [0.4, 0.5) is 0 Å². The normalized spacial score (nSPS) is 36.1. The molecule has 126 valence electrons. The molecule has 3 saturated heterocycles. The van der Waals surface area contributed by atoms with Gasteiger partial charge in [-0.2, -0.15) is 0 Å². The Morgan fingerprint density at radius 3 is 2.78 bits per heavy atom. The molecule has 1 aromatic rings. The molecule has 2 bridgehead atoms. The molecule has 0 aromatic heterocycles. The smallest absolute Gasteiger partial charge is 0.0858 e. The van der Waals surface area contributed by atoms with Gasteiger partial charge in [0.25, 0.3) is 0 Å². The number of hydrogen-bond donors (Lipinski definition) is 0. The molecule has 3 heterocycles. The standard InChI is InChI=1S/C20H30N2O/c1-4-15-7-5-6-8-16(15)11-22-13-18-17(12-21(2)3)19-9-10-20(18,14-22)23-19/h5-8,17-19H,4,9-14H2,1-3H3/t17-,18+,19+,20+/m0/s1. The molecule has 0 N–H and O–H groups in total. The minimum atomic E-state index is 0.173. The Kier molecular flexibility index (Phi) is 3.99. The van der Waals surface area contributed by atoms with Crippen molar-refractivity contribution >= 4 is 0 Å². The van der Waals surface area contributed by atoms with Gasteiger partial charge in [0.2, 0.25) is 0 Å². The Bertz CT molecular complexity index is 573. The summed E-state index contributed by atoms with van der Waals surface area (Å²) in [5.74, 6) is 1.46. The van der Waals surface area contributed by atoms with Gasteiger partial charge in [-0.15, -0.1) is 0 Å². The third-order valence-corrected chi connectivity index (χ3v) is 6.32. The highest BCUT2D eigenvalue weighted by Crippen LogP contribution is 2.55. The van der Waals surface area contributed by atoms with Crippen LogP contribution in [-0.4, -0.2) is 55.2 Å². The van der Waals surface area contributed by atoms with Crippen LogP contribution >= 0.6 is 0 Å². The van der Waals surface area contributed by atoms with Crippen LogP contribution in [0, 0.1) is 11.8 Å². The predicted octanol–water partition coefficient (Wildman–Crippen LogP) is 2.79. The van der Waals surface area contributed by atoms with Gasteiger partial charge in [0.05, 0.1) is 11.7 Å². The van der Waals surface area contributed by atoms with Gasteiger partial charge in [0, 0.05) is 38.0 Å². The molecule has 23 heavy (non-hydrogen) atoms. The number of rotatable bonds is 5. The molecule has 0 amide bonds. The molecule has 0 radical (unpaired) electrons. The Hall–Kier alpha value is -0.900. The van der Waals surface area contributed by atoms with Crippen molar-refractivity contribution in [2.75, 3.05) is 33.7 Å². The highest BCUT2D eigenvalue weighted by molar-refractivity contribution is 5.27. The summed E-state index contributed by atoms with van der Waals surface area (Å²) < 4.78 is 6.55. The Morgan fingerprint density at radius 2 is 2.04 bits per heavy atom. The number of fused-ring (bicyclic) bond motifs is 1. The lowest BCUT2D eigenvalue weighted by molar-refractivity contribution is 0.00143. The lowest BCUT2D eigenvalue weighted by Gasteiger charge is -2.31. The quantitative estimate of drug-likeness (QED) is 0.831.